The highest BCUT2D eigenvalue weighted by Gasteiger charge is 2.14. The van der Waals surface area contributed by atoms with Crippen LogP contribution in [0.5, 0.6) is 0 Å². The third-order valence-electron chi connectivity index (χ3n) is 3.90. The third kappa shape index (κ3) is 3.27. The number of hydrogen-bond donors (Lipinski definition) is 0. The Kier molecular flexibility index (Phi) is 4.46. The lowest BCUT2D eigenvalue weighted by molar-refractivity contribution is 0.687. The minimum atomic E-state index is 0.716. The summed E-state index contributed by atoms with van der Waals surface area (Å²) in [5.74, 6) is 1.61. The van der Waals surface area contributed by atoms with Gasteiger partial charge in [0.25, 0.3) is 0 Å². The summed E-state index contributed by atoms with van der Waals surface area (Å²) in [7, 11) is 0. The Hall–Kier alpha value is -2.31. The summed E-state index contributed by atoms with van der Waals surface area (Å²) in [6.45, 7) is 2.90. The van der Waals surface area contributed by atoms with Gasteiger partial charge in [0.2, 0.25) is 0 Å². The molecule has 5 nitrogen and oxygen atoms in total. The number of benzene rings is 1. The maximum Gasteiger partial charge on any atom is 0.191 e. The number of fused-ring (bicyclic) bond motifs is 1. The van der Waals surface area contributed by atoms with Crippen molar-refractivity contribution in [2.24, 2.45) is 0 Å². The molecular weight excluding hydrogens is 354 g/mol. The molecule has 7 heteroatoms. The number of imidazole rings is 1. The highest BCUT2D eigenvalue weighted by atomic mass is 35.5. The molecular formula is C18H16ClN5S. The second-order valence-electron chi connectivity index (χ2n) is 5.54. The van der Waals surface area contributed by atoms with Crippen LogP contribution in [0.3, 0.4) is 0 Å². The molecule has 3 heterocycles. The minimum Gasteiger partial charge on any atom is -0.307 e. The molecule has 0 saturated carbocycles. The SMILES string of the molecule is CCn1c(SCc2cn3ccccc3n2)nnc1-c1ccc(Cl)cc1. The number of hydrogen-bond acceptors (Lipinski definition) is 4. The van der Waals surface area contributed by atoms with E-state index in [0.29, 0.717) is 5.02 Å². The lowest BCUT2D eigenvalue weighted by Crippen LogP contribution is -1.99. The van der Waals surface area contributed by atoms with Crippen molar-refractivity contribution in [3.63, 3.8) is 0 Å². The van der Waals surface area contributed by atoms with E-state index in [1.165, 1.54) is 0 Å². The zero-order valence-electron chi connectivity index (χ0n) is 13.6. The van der Waals surface area contributed by atoms with E-state index in [1.54, 1.807) is 11.8 Å². The molecule has 0 aliphatic heterocycles. The Morgan fingerprint density at radius 3 is 2.68 bits per heavy atom. The largest absolute Gasteiger partial charge is 0.307 e. The van der Waals surface area contributed by atoms with Crippen LogP contribution in [0.1, 0.15) is 12.6 Å². The molecule has 1 aromatic carbocycles. The monoisotopic (exact) mass is 369 g/mol. The molecule has 0 aliphatic carbocycles. The molecule has 0 saturated heterocycles. The first kappa shape index (κ1) is 16.2. The number of aromatic nitrogens is 5. The van der Waals surface area contributed by atoms with Gasteiger partial charge in [-0.15, -0.1) is 10.2 Å². The molecule has 0 fully saturated rings. The molecule has 25 heavy (non-hydrogen) atoms. The van der Waals surface area contributed by atoms with Crippen LogP contribution < -0.4 is 0 Å². The standard InChI is InChI=1S/C18H16ClN5S/c1-2-24-17(13-6-8-14(19)9-7-13)21-22-18(24)25-12-15-11-23-10-4-3-5-16(23)20-15/h3-11H,2,12H2,1H3. The van der Waals surface area contributed by atoms with E-state index >= 15 is 0 Å². The second-order valence-corrected chi connectivity index (χ2v) is 6.92. The topological polar surface area (TPSA) is 48.0 Å². The molecule has 4 aromatic rings. The van der Waals surface area contributed by atoms with E-state index in [1.807, 2.05) is 53.1 Å². The predicted octanol–water partition coefficient (Wildman–Crippen LogP) is 4.56. The van der Waals surface area contributed by atoms with Crippen LogP contribution in [0.2, 0.25) is 5.02 Å². The average Bonchev–Trinajstić information content (AvgIpc) is 3.23. The molecule has 3 aromatic heterocycles. The van der Waals surface area contributed by atoms with Crippen molar-refractivity contribution in [2.45, 2.75) is 24.4 Å². The average molecular weight is 370 g/mol. The minimum absolute atomic E-state index is 0.716. The summed E-state index contributed by atoms with van der Waals surface area (Å²) in [4.78, 5) is 4.63. The van der Waals surface area contributed by atoms with Crippen molar-refractivity contribution >= 4 is 29.0 Å². The van der Waals surface area contributed by atoms with E-state index < -0.39 is 0 Å². The number of rotatable bonds is 5. The number of halogens is 1. The van der Waals surface area contributed by atoms with Crippen molar-refractivity contribution < 1.29 is 0 Å². The van der Waals surface area contributed by atoms with Gasteiger partial charge >= 0.3 is 0 Å². The van der Waals surface area contributed by atoms with E-state index in [-0.39, 0.29) is 0 Å². The molecule has 0 radical (unpaired) electrons. The first-order valence-corrected chi connectivity index (χ1v) is 9.35. The predicted molar refractivity (Wildman–Crippen MR) is 101 cm³/mol. The van der Waals surface area contributed by atoms with Crippen molar-refractivity contribution in [3.8, 4) is 11.4 Å². The zero-order valence-corrected chi connectivity index (χ0v) is 15.2. The summed E-state index contributed by atoms with van der Waals surface area (Å²) in [6.07, 6.45) is 4.05. The molecule has 0 bridgehead atoms. The molecule has 0 spiro atoms. The lowest BCUT2D eigenvalue weighted by atomic mass is 10.2. The Balaban J connectivity index is 1.57. The number of thioether (sulfide) groups is 1. The summed E-state index contributed by atoms with van der Waals surface area (Å²) >= 11 is 7.62. The summed E-state index contributed by atoms with van der Waals surface area (Å²) in [5, 5.41) is 10.3. The maximum atomic E-state index is 5.97. The zero-order chi connectivity index (χ0) is 17.2. The fourth-order valence-electron chi connectivity index (χ4n) is 2.69. The smallest absolute Gasteiger partial charge is 0.191 e. The van der Waals surface area contributed by atoms with Gasteiger partial charge in [0.15, 0.2) is 11.0 Å². The Labute approximate surface area is 154 Å². The van der Waals surface area contributed by atoms with Gasteiger partial charge in [-0.1, -0.05) is 29.4 Å². The van der Waals surface area contributed by atoms with Crippen LogP contribution in [0.25, 0.3) is 17.0 Å². The lowest BCUT2D eigenvalue weighted by Gasteiger charge is -2.06. The van der Waals surface area contributed by atoms with Crippen LogP contribution in [-0.4, -0.2) is 24.1 Å². The van der Waals surface area contributed by atoms with Gasteiger partial charge in [-0.05, 0) is 43.3 Å². The Bertz CT molecular complexity index is 973. The fourth-order valence-corrected chi connectivity index (χ4v) is 3.70. The number of pyridine rings is 1. The van der Waals surface area contributed by atoms with E-state index in [2.05, 4.69) is 32.9 Å². The van der Waals surface area contributed by atoms with Crippen LogP contribution in [0.15, 0.2) is 60.0 Å². The van der Waals surface area contributed by atoms with Gasteiger partial charge in [-0.2, -0.15) is 0 Å². The van der Waals surface area contributed by atoms with Gasteiger partial charge in [-0.3, -0.25) is 0 Å². The highest BCUT2D eigenvalue weighted by Crippen LogP contribution is 2.27. The first-order chi connectivity index (χ1) is 12.2. The van der Waals surface area contributed by atoms with Gasteiger partial charge < -0.3 is 8.97 Å². The number of nitrogens with zero attached hydrogens (tertiary/aromatic N) is 5. The van der Waals surface area contributed by atoms with E-state index in [9.17, 15) is 0 Å². The van der Waals surface area contributed by atoms with Crippen molar-refractivity contribution in [3.05, 3.63) is 65.6 Å². The molecule has 126 valence electrons. The van der Waals surface area contributed by atoms with Gasteiger partial charge in [0.05, 0.1) is 5.69 Å². The van der Waals surface area contributed by atoms with Crippen LogP contribution in [-0.2, 0) is 12.3 Å². The molecule has 0 amide bonds. The van der Waals surface area contributed by atoms with Crippen LogP contribution >= 0.6 is 23.4 Å². The Morgan fingerprint density at radius 2 is 1.92 bits per heavy atom. The summed E-state index contributed by atoms with van der Waals surface area (Å²) < 4.78 is 4.14. The molecule has 0 N–H and O–H groups in total. The van der Waals surface area contributed by atoms with Gasteiger partial charge in [0.1, 0.15) is 5.65 Å². The molecule has 4 rings (SSSR count). The van der Waals surface area contributed by atoms with Gasteiger partial charge in [0, 0.05) is 35.3 Å². The molecule has 0 unspecified atom stereocenters. The Morgan fingerprint density at radius 1 is 1.08 bits per heavy atom. The normalized spacial score (nSPS) is 11.3. The van der Waals surface area contributed by atoms with Crippen LogP contribution in [0, 0.1) is 0 Å². The van der Waals surface area contributed by atoms with Crippen LogP contribution in [0.4, 0.5) is 0 Å². The third-order valence-corrected chi connectivity index (χ3v) is 5.15. The molecule has 0 atom stereocenters. The van der Waals surface area contributed by atoms with E-state index in [0.717, 1.165) is 40.2 Å². The molecule has 0 aliphatic rings. The van der Waals surface area contributed by atoms with E-state index in [4.69, 9.17) is 11.6 Å². The summed E-state index contributed by atoms with van der Waals surface area (Å²) in [6, 6.07) is 13.7. The van der Waals surface area contributed by atoms with Crippen molar-refractivity contribution in [2.75, 3.05) is 0 Å². The quantitative estimate of drug-likeness (QED) is 0.484. The summed E-state index contributed by atoms with van der Waals surface area (Å²) in [5.41, 5.74) is 2.99. The van der Waals surface area contributed by atoms with Crippen molar-refractivity contribution in [1.29, 1.82) is 0 Å². The first-order valence-electron chi connectivity index (χ1n) is 7.99. The highest BCUT2D eigenvalue weighted by molar-refractivity contribution is 7.98. The maximum absolute atomic E-state index is 5.97. The van der Waals surface area contributed by atoms with Gasteiger partial charge in [-0.25, -0.2) is 4.98 Å². The fraction of sp³-hybridized carbons (Fsp3) is 0.167. The second kappa shape index (κ2) is 6.90. The van der Waals surface area contributed by atoms with Crippen molar-refractivity contribution in [1.82, 2.24) is 24.1 Å².